The van der Waals surface area contributed by atoms with Crippen LogP contribution < -0.4 is 16.8 Å². The second-order valence-electron chi connectivity index (χ2n) is 3.94. The summed E-state index contributed by atoms with van der Waals surface area (Å²) in [7, 11) is 0. The Kier molecular flexibility index (Phi) is 3.24. The maximum atomic E-state index is 10.6. The maximum absolute atomic E-state index is 10.6. The summed E-state index contributed by atoms with van der Waals surface area (Å²) in [5, 5.41) is 3.10. The van der Waals surface area contributed by atoms with Gasteiger partial charge in [0.15, 0.2) is 0 Å². The zero-order valence-electron chi connectivity index (χ0n) is 7.88. The van der Waals surface area contributed by atoms with Gasteiger partial charge in [0.05, 0.1) is 19.3 Å². The minimum absolute atomic E-state index is 0.206. The van der Waals surface area contributed by atoms with Crippen LogP contribution in [0.15, 0.2) is 0 Å². The fourth-order valence-corrected chi connectivity index (χ4v) is 1.18. The summed E-state index contributed by atoms with van der Waals surface area (Å²) < 4.78 is 5.08. The third-order valence-corrected chi connectivity index (χ3v) is 2.18. The Bertz CT molecular complexity index is 192. The van der Waals surface area contributed by atoms with Crippen molar-refractivity contribution in [2.24, 2.45) is 16.9 Å². The highest BCUT2D eigenvalue weighted by Gasteiger charge is 2.32. The topological polar surface area (TPSA) is 90.4 Å². The lowest BCUT2D eigenvalue weighted by atomic mass is 9.89. The second kappa shape index (κ2) is 4.04. The molecule has 0 aromatic heterocycles. The van der Waals surface area contributed by atoms with Gasteiger partial charge in [-0.1, -0.05) is 6.92 Å². The van der Waals surface area contributed by atoms with Gasteiger partial charge in [-0.05, 0) is 0 Å². The Labute approximate surface area is 77.8 Å². The molecular formula is C8H17N3O2. The Hall–Kier alpha value is -0.650. The van der Waals surface area contributed by atoms with E-state index in [1.165, 1.54) is 0 Å². The molecule has 0 aromatic rings. The van der Waals surface area contributed by atoms with E-state index in [-0.39, 0.29) is 5.41 Å². The normalized spacial score (nSPS) is 22.0. The van der Waals surface area contributed by atoms with Crippen LogP contribution in [0.3, 0.4) is 0 Å². The number of ether oxygens (including phenoxy) is 1. The van der Waals surface area contributed by atoms with E-state index in [0.717, 1.165) is 19.8 Å². The largest absolute Gasteiger partial charge is 0.380 e. The second-order valence-corrected chi connectivity index (χ2v) is 3.94. The number of nitrogens with two attached hydrogens (primary N) is 2. The van der Waals surface area contributed by atoms with Crippen molar-refractivity contribution in [1.82, 2.24) is 5.32 Å². The molecule has 1 heterocycles. The van der Waals surface area contributed by atoms with Crippen LogP contribution in [-0.2, 0) is 9.53 Å². The molecule has 0 spiro atoms. The van der Waals surface area contributed by atoms with Crippen LogP contribution in [0.25, 0.3) is 0 Å². The third kappa shape index (κ3) is 2.95. The number of rotatable bonds is 5. The summed E-state index contributed by atoms with van der Waals surface area (Å²) in [6, 6.07) is -0.593. The highest BCUT2D eigenvalue weighted by molar-refractivity contribution is 5.79. The molecule has 5 N–H and O–H groups in total. The number of nitrogens with one attached hydrogen (secondary N) is 1. The minimum atomic E-state index is -0.593. The Morgan fingerprint density at radius 1 is 1.69 bits per heavy atom. The van der Waals surface area contributed by atoms with Crippen LogP contribution in [0.5, 0.6) is 0 Å². The zero-order chi connectivity index (χ0) is 9.90. The lowest BCUT2D eigenvalue weighted by Gasteiger charge is -2.38. The smallest absolute Gasteiger partial charge is 0.235 e. The first-order valence-corrected chi connectivity index (χ1v) is 4.37. The fourth-order valence-electron chi connectivity index (χ4n) is 1.18. The van der Waals surface area contributed by atoms with Crippen molar-refractivity contribution in [3.63, 3.8) is 0 Å². The molecule has 0 aliphatic carbocycles. The van der Waals surface area contributed by atoms with Crippen molar-refractivity contribution < 1.29 is 9.53 Å². The van der Waals surface area contributed by atoms with Gasteiger partial charge in [0.1, 0.15) is 0 Å². The van der Waals surface area contributed by atoms with Gasteiger partial charge < -0.3 is 21.5 Å². The Balaban J connectivity index is 2.10. The zero-order valence-corrected chi connectivity index (χ0v) is 7.88. The van der Waals surface area contributed by atoms with Crippen LogP contribution in [0.4, 0.5) is 0 Å². The summed E-state index contributed by atoms with van der Waals surface area (Å²) in [4.78, 5) is 10.6. The standard InChI is InChI=1S/C8H17N3O2/c1-8(4-13-5-8)3-11-2-6(9)7(10)12/h6,11H,2-5,9H2,1H3,(H2,10,12). The van der Waals surface area contributed by atoms with Crippen LogP contribution >= 0.6 is 0 Å². The fraction of sp³-hybridized carbons (Fsp3) is 0.875. The van der Waals surface area contributed by atoms with E-state index in [2.05, 4.69) is 12.2 Å². The number of hydrogen-bond donors (Lipinski definition) is 3. The molecule has 0 radical (unpaired) electrons. The Morgan fingerprint density at radius 2 is 2.31 bits per heavy atom. The third-order valence-electron chi connectivity index (χ3n) is 2.18. The van der Waals surface area contributed by atoms with Gasteiger partial charge in [-0.3, -0.25) is 4.79 Å². The van der Waals surface area contributed by atoms with Crippen LogP contribution in [0.2, 0.25) is 0 Å². The summed E-state index contributed by atoms with van der Waals surface area (Å²) in [6.45, 7) is 4.91. The van der Waals surface area contributed by atoms with Crippen molar-refractivity contribution in [3.05, 3.63) is 0 Å². The van der Waals surface area contributed by atoms with E-state index in [1.807, 2.05) is 0 Å². The molecule has 0 aromatic carbocycles. The van der Waals surface area contributed by atoms with Gasteiger partial charge in [-0.2, -0.15) is 0 Å². The van der Waals surface area contributed by atoms with E-state index in [1.54, 1.807) is 0 Å². The average molecular weight is 187 g/mol. The number of primary amides is 1. The highest BCUT2D eigenvalue weighted by Crippen LogP contribution is 2.24. The van der Waals surface area contributed by atoms with Gasteiger partial charge >= 0.3 is 0 Å². The van der Waals surface area contributed by atoms with Crippen molar-refractivity contribution >= 4 is 5.91 Å². The highest BCUT2D eigenvalue weighted by atomic mass is 16.5. The monoisotopic (exact) mass is 187 g/mol. The molecule has 13 heavy (non-hydrogen) atoms. The first kappa shape index (κ1) is 10.4. The van der Waals surface area contributed by atoms with E-state index in [0.29, 0.717) is 6.54 Å². The first-order chi connectivity index (χ1) is 6.03. The quantitative estimate of drug-likeness (QED) is 0.485. The molecule has 1 rings (SSSR count). The molecular weight excluding hydrogens is 170 g/mol. The van der Waals surface area contributed by atoms with Crippen molar-refractivity contribution in [3.8, 4) is 0 Å². The molecule has 5 heteroatoms. The number of hydrogen-bond acceptors (Lipinski definition) is 4. The molecule has 0 bridgehead atoms. The lowest BCUT2D eigenvalue weighted by molar-refractivity contribution is -0.119. The summed E-state index contributed by atoms with van der Waals surface area (Å²) in [5.74, 6) is -0.470. The molecule has 1 fully saturated rings. The average Bonchev–Trinajstić information content (AvgIpc) is 2.01. The minimum Gasteiger partial charge on any atom is -0.380 e. The lowest BCUT2D eigenvalue weighted by Crippen LogP contribution is -2.51. The van der Waals surface area contributed by atoms with E-state index in [9.17, 15) is 4.79 Å². The molecule has 1 atom stereocenters. The molecule has 1 saturated heterocycles. The molecule has 0 saturated carbocycles. The summed E-state index contributed by atoms with van der Waals surface area (Å²) >= 11 is 0. The number of carbonyl (C=O) groups is 1. The van der Waals surface area contributed by atoms with Crippen molar-refractivity contribution in [2.75, 3.05) is 26.3 Å². The van der Waals surface area contributed by atoms with Gasteiger partial charge in [0.2, 0.25) is 5.91 Å². The predicted octanol–water partition coefficient (Wildman–Crippen LogP) is -1.57. The SMILES string of the molecule is CC1(CNCC(N)C(N)=O)COC1. The summed E-state index contributed by atoms with van der Waals surface area (Å²) in [5.41, 5.74) is 10.6. The van der Waals surface area contributed by atoms with E-state index >= 15 is 0 Å². The Morgan fingerprint density at radius 3 is 2.69 bits per heavy atom. The van der Waals surface area contributed by atoms with E-state index in [4.69, 9.17) is 16.2 Å². The van der Waals surface area contributed by atoms with Crippen molar-refractivity contribution in [2.45, 2.75) is 13.0 Å². The maximum Gasteiger partial charge on any atom is 0.235 e. The molecule has 5 nitrogen and oxygen atoms in total. The van der Waals surface area contributed by atoms with E-state index < -0.39 is 11.9 Å². The van der Waals surface area contributed by atoms with Crippen LogP contribution in [0.1, 0.15) is 6.92 Å². The number of amides is 1. The van der Waals surface area contributed by atoms with Gasteiger partial charge in [0.25, 0.3) is 0 Å². The molecule has 1 aliphatic rings. The van der Waals surface area contributed by atoms with Crippen LogP contribution in [0, 0.1) is 5.41 Å². The van der Waals surface area contributed by atoms with Crippen molar-refractivity contribution in [1.29, 1.82) is 0 Å². The van der Waals surface area contributed by atoms with Gasteiger partial charge in [-0.25, -0.2) is 0 Å². The molecule has 1 aliphatic heterocycles. The first-order valence-electron chi connectivity index (χ1n) is 4.37. The summed E-state index contributed by atoms with van der Waals surface area (Å²) in [6.07, 6.45) is 0. The van der Waals surface area contributed by atoms with Gasteiger partial charge in [0, 0.05) is 18.5 Å². The van der Waals surface area contributed by atoms with Crippen LogP contribution in [-0.4, -0.2) is 38.3 Å². The molecule has 1 unspecified atom stereocenters. The number of carbonyl (C=O) groups excluding carboxylic acids is 1. The molecule has 76 valence electrons. The predicted molar refractivity (Wildman–Crippen MR) is 49.0 cm³/mol. The van der Waals surface area contributed by atoms with Gasteiger partial charge in [-0.15, -0.1) is 0 Å². The molecule has 1 amide bonds.